The molecule has 1 aromatic heterocycles. The van der Waals surface area contributed by atoms with Gasteiger partial charge in [-0.25, -0.2) is 0 Å². The Morgan fingerprint density at radius 2 is 1.79 bits per heavy atom. The number of thiophene rings is 1. The van der Waals surface area contributed by atoms with Crippen molar-refractivity contribution in [1.82, 2.24) is 0 Å². The highest BCUT2D eigenvalue weighted by Gasteiger charge is 2.20. The maximum absolute atomic E-state index is 6.62. The van der Waals surface area contributed by atoms with E-state index in [1.807, 2.05) is 18.2 Å². The van der Waals surface area contributed by atoms with E-state index in [1.54, 1.807) is 11.3 Å². The van der Waals surface area contributed by atoms with Gasteiger partial charge in [-0.3, -0.25) is 0 Å². The fourth-order valence-corrected chi connectivity index (χ4v) is 3.71. The van der Waals surface area contributed by atoms with Crippen LogP contribution in [0.2, 0.25) is 5.02 Å². The monoisotopic (exact) mass is 312 g/mol. The van der Waals surface area contributed by atoms with Crippen LogP contribution in [-0.4, -0.2) is 0 Å². The smallest absolute Gasteiger partial charge is 0.0930 e. The van der Waals surface area contributed by atoms with Gasteiger partial charge >= 0.3 is 0 Å². The molecule has 2 aromatic rings. The largest absolute Gasteiger partial charge is 0.143 e. The van der Waals surface area contributed by atoms with Crippen molar-refractivity contribution in [2.75, 3.05) is 0 Å². The standard InChI is InChI=1S/C16H18Cl2S/c1-10-9-11(17)5-6-12(10)15(18)13-7-8-14(19-13)16(2,3)4/h5-9,15H,1-4H3. The van der Waals surface area contributed by atoms with Gasteiger partial charge in [0.1, 0.15) is 0 Å². The Kier molecular flexibility index (Phi) is 4.29. The number of alkyl halides is 1. The van der Waals surface area contributed by atoms with Gasteiger partial charge in [-0.15, -0.1) is 22.9 Å². The number of hydrogen-bond acceptors (Lipinski definition) is 1. The normalized spacial score (nSPS) is 13.6. The average molecular weight is 313 g/mol. The molecule has 0 N–H and O–H groups in total. The van der Waals surface area contributed by atoms with E-state index < -0.39 is 0 Å². The van der Waals surface area contributed by atoms with Crippen molar-refractivity contribution < 1.29 is 0 Å². The fourth-order valence-electron chi connectivity index (χ4n) is 1.97. The van der Waals surface area contributed by atoms with Crippen LogP contribution in [0.3, 0.4) is 0 Å². The van der Waals surface area contributed by atoms with Crippen LogP contribution in [0.1, 0.15) is 47.0 Å². The van der Waals surface area contributed by atoms with Gasteiger partial charge in [-0.05, 0) is 47.7 Å². The Labute approximate surface area is 129 Å². The molecule has 19 heavy (non-hydrogen) atoms. The minimum atomic E-state index is -0.0987. The van der Waals surface area contributed by atoms with E-state index in [1.165, 1.54) is 9.75 Å². The van der Waals surface area contributed by atoms with Gasteiger partial charge in [0.2, 0.25) is 0 Å². The van der Waals surface area contributed by atoms with Crippen molar-refractivity contribution >= 4 is 34.5 Å². The molecule has 1 atom stereocenters. The molecule has 1 unspecified atom stereocenters. The lowest BCUT2D eigenvalue weighted by atomic mass is 9.95. The van der Waals surface area contributed by atoms with Gasteiger partial charge in [0.15, 0.2) is 0 Å². The van der Waals surface area contributed by atoms with E-state index >= 15 is 0 Å². The molecule has 0 bridgehead atoms. The lowest BCUT2D eigenvalue weighted by molar-refractivity contribution is 0.604. The first-order valence-electron chi connectivity index (χ1n) is 6.29. The van der Waals surface area contributed by atoms with Gasteiger partial charge in [0.05, 0.1) is 5.38 Å². The van der Waals surface area contributed by atoms with Crippen molar-refractivity contribution in [3.63, 3.8) is 0 Å². The molecule has 0 nitrogen and oxygen atoms in total. The first kappa shape index (κ1) is 14.9. The van der Waals surface area contributed by atoms with E-state index in [9.17, 15) is 0 Å². The maximum Gasteiger partial charge on any atom is 0.0930 e. The number of aryl methyl sites for hydroxylation is 1. The van der Waals surface area contributed by atoms with Crippen LogP contribution < -0.4 is 0 Å². The molecule has 0 aliphatic rings. The van der Waals surface area contributed by atoms with Crippen molar-refractivity contribution in [3.05, 3.63) is 56.2 Å². The Morgan fingerprint density at radius 3 is 2.32 bits per heavy atom. The van der Waals surface area contributed by atoms with Gasteiger partial charge in [0.25, 0.3) is 0 Å². The molecule has 1 heterocycles. The first-order valence-corrected chi connectivity index (χ1v) is 7.92. The molecule has 1 aromatic carbocycles. The summed E-state index contributed by atoms with van der Waals surface area (Å²) in [6.07, 6.45) is 0. The zero-order chi connectivity index (χ0) is 14.2. The van der Waals surface area contributed by atoms with Crippen molar-refractivity contribution in [3.8, 4) is 0 Å². The third kappa shape index (κ3) is 3.34. The van der Waals surface area contributed by atoms with E-state index in [2.05, 4.69) is 39.8 Å². The third-order valence-corrected chi connectivity index (χ3v) is 5.53. The highest BCUT2D eigenvalue weighted by Crippen LogP contribution is 2.39. The third-order valence-electron chi connectivity index (χ3n) is 3.12. The van der Waals surface area contributed by atoms with Crippen LogP contribution in [-0.2, 0) is 5.41 Å². The SMILES string of the molecule is Cc1cc(Cl)ccc1C(Cl)c1ccc(C(C)(C)C)s1. The minimum absolute atomic E-state index is 0.0987. The maximum atomic E-state index is 6.62. The zero-order valence-corrected chi connectivity index (χ0v) is 14.0. The van der Waals surface area contributed by atoms with Gasteiger partial charge in [0, 0.05) is 14.8 Å². The summed E-state index contributed by atoms with van der Waals surface area (Å²) in [4.78, 5) is 2.55. The summed E-state index contributed by atoms with van der Waals surface area (Å²) in [6, 6.07) is 10.2. The summed E-state index contributed by atoms with van der Waals surface area (Å²) in [5.41, 5.74) is 2.45. The molecule has 0 aliphatic carbocycles. The lowest BCUT2D eigenvalue weighted by Crippen LogP contribution is -2.07. The van der Waals surface area contributed by atoms with Crippen LogP contribution in [0.5, 0.6) is 0 Å². The summed E-state index contributed by atoms with van der Waals surface area (Å²) in [6.45, 7) is 8.72. The average Bonchev–Trinajstić information content (AvgIpc) is 2.76. The van der Waals surface area contributed by atoms with Crippen molar-refractivity contribution in [2.24, 2.45) is 0 Å². The van der Waals surface area contributed by atoms with Crippen LogP contribution >= 0.6 is 34.5 Å². The molecule has 102 valence electrons. The summed E-state index contributed by atoms with van der Waals surface area (Å²) in [5.74, 6) is 0. The minimum Gasteiger partial charge on any atom is -0.143 e. The second-order valence-electron chi connectivity index (χ2n) is 5.82. The molecule has 2 rings (SSSR count). The highest BCUT2D eigenvalue weighted by molar-refractivity contribution is 7.12. The summed E-state index contributed by atoms with van der Waals surface area (Å²) in [7, 11) is 0. The predicted octanol–water partition coefficient (Wildman–Crippen LogP) is 6.34. The topological polar surface area (TPSA) is 0 Å². The van der Waals surface area contributed by atoms with E-state index in [0.717, 1.165) is 16.1 Å². The van der Waals surface area contributed by atoms with Crippen LogP contribution in [0.25, 0.3) is 0 Å². The van der Waals surface area contributed by atoms with Crippen LogP contribution in [0, 0.1) is 6.92 Å². The van der Waals surface area contributed by atoms with Gasteiger partial charge < -0.3 is 0 Å². The Hall–Kier alpha value is -0.500. The molecule has 0 saturated heterocycles. The fraction of sp³-hybridized carbons (Fsp3) is 0.375. The quantitative estimate of drug-likeness (QED) is 0.568. The van der Waals surface area contributed by atoms with Crippen LogP contribution in [0.4, 0.5) is 0 Å². The van der Waals surface area contributed by atoms with Crippen molar-refractivity contribution in [2.45, 2.75) is 38.5 Å². The predicted molar refractivity (Wildman–Crippen MR) is 86.9 cm³/mol. The lowest BCUT2D eigenvalue weighted by Gasteiger charge is -2.16. The molecule has 0 radical (unpaired) electrons. The van der Waals surface area contributed by atoms with E-state index in [0.29, 0.717) is 0 Å². The summed E-state index contributed by atoms with van der Waals surface area (Å²) in [5, 5.41) is 0.657. The van der Waals surface area contributed by atoms with Crippen molar-refractivity contribution in [1.29, 1.82) is 0 Å². The second-order valence-corrected chi connectivity index (χ2v) is 7.80. The molecular formula is C16H18Cl2S. The van der Waals surface area contributed by atoms with E-state index in [4.69, 9.17) is 23.2 Å². The molecule has 3 heteroatoms. The molecule has 0 fully saturated rings. The second kappa shape index (κ2) is 5.47. The number of halogens is 2. The number of rotatable bonds is 2. The molecule has 0 aliphatic heterocycles. The summed E-state index contributed by atoms with van der Waals surface area (Å²) < 4.78 is 0. The Bertz CT molecular complexity index is 579. The number of benzene rings is 1. The first-order chi connectivity index (χ1) is 8.79. The van der Waals surface area contributed by atoms with Gasteiger partial charge in [-0.2, -0.15) is 0 Å². The highest BCUT2D eigenvalue weighted by atomic mass is 35.5. The molecule has 0 spiro atoms. The molecule has 0 saturated carbocycles. The molecule has 0 amide bonds. The van der Waals surface area contributed by atoms with Gasteiger partial charge in [-0.1, -0.05) is 38.4 Å². The molecular weight excluding hydrogens is 295 g/mol. The summed E-state index contributed by atoms with van der Waals surface area (Å²) >= 11 is 14.4. The zero-order valence-electron chi connectivity index (χ0n) is 11.6. The number of hydrogen-bond donors (Lipinski definition) is 0. The van der Waals surface area contributed by atoms with E-state index in [-0.39, 0.29) is 10.8 Å². The Morgan fingerprint density at radius 1 is 1.11 bits per heavy atom. The Balaban J connectivity index is 2.34. The van der Waals surface area contributed by atoms with Crippen LogP contribution in [0.15, 0.2) is 30.3 Å².